The molecule has 4 fully saturated rings. The van der Waals surface area contributed by atoms with E-state index >= 15 is 0 Å². The summed E-state index contributed by atoms with van der Waals surface area (Å²) in [6.07, 6.45) is 9.93. The number of piperidine rings is 1. The molecule has 31 heavy (non-hydrogen) atoms. The molecule has 5 aliphatic carbocycles. The third-order valence-corrected chi connectivity index (χ3v) is 11.0. The second-order valence-corrected chi connectivity index (χ2v) is 12.9. The van der Waals surface area contributed by atoms with Gasteiger partial charge in [0.25, 0.3) is 0 Å². The van der Waals surface area contributed by atoms with Crippen LogP contribution in [0.2, 0.25) is 0 Å². The number of ether oxygens (including phenoxy) is 1. The molecule has 1 saturated heterocycles. The third-order valence-electron chi connectivity index (χ3n) is 11.0. The summed E-state index contributed by atoms with van der Waals surface area (Å²) >= 11 is 0. The van der Waals surface area contributed by atoms with Gasteiger partial charge in [-0.2, -0.15) is 0 Å². The van der Waals surface area contributed by atoms with Crippen molar-refractivity contribution in [2.45, 2.75) is 89.4 Å². The Kier molecular flexibility index (Phi) is 3.46. The summed E-state index contributed by atoms with van der Waals surface area (Å²) in [6, 6.07) is 7.41. The summed E-state index contributed by atoms with van der Waals surface area (Å²) in [5, 5.41) is 12.0. The summed E-state index contributed by atoms with van der Waals surface area (Å²) in [6.45, 7) is 11.1. The topological polar surface area (TPSA) is 32.7 Å². The molecule has 8 rings (SSSR count). The summed E-state index contributed by atoms with van der Waals surface area (Å²) in [4.78, 5) is 2.84. The van der Waals surface area contributed by atoms with Gasteiger partial charge < -0.3 is 9.84 Å². The zero-order valence-corrected chi connectivity index (χ0v) is 19.6. The van der Waals surface area contributed by atoms with Crippen LogP contribution in [0.25, 0.3) is 0 Å². The molecule has 2 spiro atoms. The normalized spacial score (nSPS) is 43.7. The molecule has 0 aromatic heterocycles. The van der Waals surface area contributed by atoms with Gasteiger partial charge in [-0.05, 0) is 75.0 Å². The van der Waals surface area contributed by atoms with Crippen LogP contribution in [0.3, 0.4) is 0 Å². The van der Waals surface area contributed by atoms with Gasteiger partial charge in [-0.15, -0.1) is 0 Å². The fraction of sp³-hybridized carbons (Fsp3) is 0.714. The number of rotatable bonds is 3. The highest BCUT2D eigenvalue weighted by molar-refractivity contribution is 5.57. The zero-order valence-electron chi connectivity index (χ0n) is 19.6. The van der Waals surface area contributed by atoms with E-state index in [1.807, 2.05) is 0 Å². The van der Waals surface area contributed by atoms with Crippen LogP contribution >= 0.6 is 0 Å². The van der Waals surface area contributed by atoms with Crippen LogP contribution in [0.4, 0.5) is 0 Å². The number of nitrogens with zero attached hydrogens (tertiary/aromatic N) is 1. The second kappa shape index (κ2) is 5.59. The Balaban J connectivity index is 1.43. The summed E-state index contributed by atoms with van der Waals surface area (Å²) in [5.74, 6) is 1.93. The van der Waals surface area contributed by atoms with Gasteiger partial charge in [0.05, 0.1) is 5.60 Å². The van der Waals surface area contributed by atoms with Crippen LogP contribution < -0.4 is 4.74 Å². The monoisotopic (exact) mass is 419 g/mol. The number of allylic oxidation sites excluding steroid dienone is 1. The molecule has 2 heterocycles. The third kappa shape index (κ3) is 2.10. The van der Waals surface area contributed by atoms with Crippen molar-refractivity contribution >= 4 is 0 Å². The molecular weight excluding hydrogens is 382 g/mol. The lowest BCUT2D eigenvalue weighted by Crippen LogP contribution is -2.77. The number of benzene rings is 1. The van der Waals surface area contributed by atoms with E-state index in [1.165, 1.54) is 38.0 Å². The summed E-state index contributed by atoms with van der Waals surface area (Å²) in [7, 11) is 0. The minimum absolute atomic E-state index is 0.141. The van der Waals surface area contributed by atoms with Gasteiger partial charge >= 0.3 is 0 Å². The minimum atomic E-state index is -0.691. The predicted octanol–water partition coefficient (Wildman–Crippen LogP) is 4.86. The molecule has 3 heteroatoms. The molecule has 7 aliphatic rings. The van der Waals surface area contributed by atoms with Crippen LogP contribution in [0.5, 0.6) is 5.75 Å². The summed E-state index contributed by atoms with van der Waals surface area (Å²) < 4.78 is 6.93. The van der Waals surface area contributed by atoms with Crippen molar-refractivity contribution in [3.05, 3.63) is 41.0 Å². The number of hydrogen-bond acceptors (Lipinski definition) is 3. The largest absolute Gasteiger partial charge is 0.489 e. The second-order valence-electron chi connectivity index (χ2n) is 12.9. The average Bonchev–Trinajstić information content (AvgIpc) is 3.46. The molecular formula is C28H37NO2. The molecule has 166 valence electrons. The first-order valence-electron chi connectivity index (χ1n) is 12.6. The van der Waals surface area contributed by atoms with Gasteiger partial charge in [0.1, 0.15) is 11.9 Å². The Labute approximate surface area is 186 Å². The lowest BCUT2D eigenvalue weighted by Gasteiger charge is -2.73. The highest BCUT2D eigenvalue weighted by Gasteiger charge is 2.77. The van der Waals surface area contributed by atoms with E-state index in [9.17, 15) is 5.11 Å². The summed E-state index contributed by atoms with van der Waals surface area (Å²) in [5.41, 5.74) is 4.34. The van der Waals surface area contributed by atoms with Crippen LogP contribution in [0, 0.1) is 22.7 Å². The fourth-order valence-electron chi connectivity index (χ4n) is 9.05. The Hall–Kier alpha value is -1.32. The Morgan fingerprint density at radius 2 is 2.00 bits per heavy atom. The van der Waals surface area contributed by atoms with Crippen LogP contribution in [-0.4, -0.2) is 40.8 Å². The van der Waals surface area contributed by atoms with E-state index < -0.39 is 5.60 Å². The van der Waals surface area contributed by atoms with Crippen LogP contribution in [-0.2, 0) is 11.8 Å². The molecule has 1 aromatic rings. The molecule has 0 radical (unpaired) electrons. The molecule has 3 saturated carbocycles. The fourth-order valence-corrected chi connectivity index (χ4v) is 9.05. The van der Waals surface area contributed by atoms with E-state index in [1.54, 1.807) is 16.7 Å². The number of aliphatic hydroxyl groups is 1. The first-order chi connectivity index (χ1) is 14.7. The SMILES string of the molecule is CC(C)(C)C(C)(O)C1CC23CCC1[C@@H]1Oc4cccc5c4[C@@]12CCN(CC1=CC1)[C@@H]3C5. The molecule has 1 aromatic carbocycles. The highest BCUT2D eigenvalue weighted by Crippen LogP contribution is 2.75. The number of hydrogen-bond donors (Lipinski definition) is 1. The van der Waals surface area contributed by atoms with Crippen molar-refractivity contribution in [3.8, 4) is 5.75 Å². The van der Waals surface area contributed by atoms with Crippen molar-refractivity contribution in [2.75, 3.05) is 13.1 Å². The molecule has 0 amide bonds. The first kappa shape index (κ1) is 19.2. The standard InChI is InChI=1S/C28H37NO2/c1-25(2,3)26(4,30)20-15-27-11-10-19(20)24-28(27)12-13-29(16-17-8-9-17)22(27)14-18-6-5-7-21(31-24)23(18)28/h5-8,19-20,22,24,30H,9-16H2,1-4H3/t19?,20?,22-,24+,26?,27?,28+/m1/s1. The van der Waals surface area contributed by atoms with Crippen molar-refractivity contribution in [3.63, 3.8) is 0 Å². The van der Waals surface area contributed by atoms with Gasteiger partial charge in [-0.1, -0.05) is 44.6 Å². The van der Waals surface area contributed by atoms with Crippen molar-refractivity contribution in [1.82, 2.24) is 4.90 Å². The lowest BCUT2D eigenvalue weighted by molar-refractivity contribution is -0.242. The van der Waals surface area contributed by atoms with Crippen LogP contribution in [0.1, 0.15) is 70.9 Å². The Morgan fingerprint density at radius 1 is 1.19 bits per heavy atom. The van der Waals surface area contributed by atoms with Crippen molar-refractivity contribution in [2.24, 2.45) is 22.7 Å². The smallest absolute Gasteiger partial charge is 0.123 e. The number of likely N-dealkylation sites (tertiary alicyclic amines) is 1. The lowest BCUT2D eigenvalue weighted by atomic mass is 9.34. The predicted molar refractivity (Wildman–Crippen MR) is 122 cm³/mol. The van der Waals surface area contributed by atoms with Crippen molar-refractivity contribution < 1.29 is 9.84 Å². The average molecular weight is 420 g/mol. The van der Waals surface area contributed by atoms with Gasteiger partial charge in [-0.25, -0.2) is 0 Å². The zero-order chi connectivity index (χ0) is 21.4. The van der Waals surface area contributed by atoms with Gasteiger partial charge in [0, 0.05) is 34.9 Å². The van der Waals surface area contributed by atoms with E-state index in [4.69, 9.17) is 4.74 Å². The Morgan fingerprint density at radius 3 is 2.74 bits per heavy atom. The van der Waals surface area contributed by atoms with Gasteiger partial charge in [0.15, 0.2) is 0 Å². The Bertz CT molecular complexity index is 1000. The molecule has 4 bridgehead atoms. The van der Waals surface area contributed by atoms with E-state index in [0.717, 1.165) is 19.4 Å². The van der Waals surface area contributed by atoms with E-state index in [-0.39, 0.29) is 22.3 Å². The molecule has 1 N–H and O–H groups in total. The maximum atomic E-state index is 12.0. The maximum absolute atomic E-state index is 12.0. The van der Waals surface area contributed by atoms with Crippen molar-refractivity contribution in [1.29, 1.82) is 0 Å². The van der Waals surface area contributed by atoms with Gasteiger partial charge in [0.2, 0.25) is 0 Å². The molecule has 7 atom stereocenters. The number of fused-ring (bicyclic) bond motifs is 2. The van der Waals surface area contributed by atoms with Gasteiger partial charge in [-0.3, -0.25) is 4.90 Å². The molecule has 2 aliphatic heterocycles. The van der Waals surface area contributed by atoms with E-state index in [0.29, 0.717) is 17.9 Å². The maximum Gasteiger partial charge on any atom is 0.123 e. The van der Waals surface area contributed by atoms with Crippen LogP contribution in [0.15, 0.2) is 29.8 Å². The quantitative estimate of drug-likeness (QED) is 0.710. The molecule has 3 nitrogen and oxygen atoms in total. The van der Waals surface area contributed by atoms with E-state index in [2.05, 4.69) is 56.9 Å². The molecule has 4 unspecified atom stereocenters. The highest BCUT2D eigenvalue weighted by atomic mass is 16.5. The first-order valence-corrected chi connectivity index (χ1v) is 12.6. The minimum Gasteiger partial charge on any atom is -0.489 e.